The fourth-order valence-corrected chi connectivity index (χ4v) is 2.89. The average molecular weight is 296 g/mol. The van der Waals surface area contributed by atoms with Crippen LogP contribution in [0.1, 0.15) is 64.6 Å². The van der Waals surface area contributed by atoms with Crippen LogP contribution in [0.3, 0.4) is 0 Å². The fourth-order valence-electron chi connectivity index (χ4n) is 2.74. The van der Waals surface area contributed by atoms with Gasteiger partial charge in [-0.2, -0.15) is 0 Å². The molecule has 0 aliphatic heterocycles. The molecule has 0 bridgehead atoms. The van der Waals surface area contributed by atoms with Crippen molar-refractivity contribution in [3.05, 3.63) is 23.4 Å². The number of rotatable bonds is 3. The van der Waals surface area contributed by atoms with Crippen molar-refractivity contribution >= 4 is 11.6 Å². The van der Waals surface area contributed by atoms with Gasteiger partial charge >= 0.3 is 0 Å². The van der Waals surface area contributed by atoms with Crippen molar-refractivity contribution in [2.75, 3.05) is 0 Å². The maximum Gasteiger partial charge on any atom is 0.214 e. The van der Waals surface area contributed by atoms with Gasteiger partial charge in [0.15, 0.2) is 0 Å². The number of aromatic nitrogens is 1. The third-order valence-electron chi connectivity index (χ3n) is 3.96. The molecule has 20 heavy (non-hydrogen) atoms. The van der Waals surface area contributed by atoms with Crippen LogP contribution in [-0.4, -0.2) is 11.1 Å². The zero-order valence-corrected chi connectivity index (χ0v) is 13.8. The summed E-state index contributed by atoms with van der Waals surface area (Å²) in [5.41, 5.74) is 2.15. The first-order valence-corrected chi connectivity index (χ1v) is 8.16. The minimum atomic E-state index is 0.0139. The fraction of sp³-hybridized carbons (Fsp3) is 0.706. The summed E-state index contributed by atoms with van der Waals surface area (Å²) in [6.07, 6.45) is 5.17. The van der Waals surface area contributed by atoms with E-state index in [0.717, 1.165) is 35.9 Å². The molecule has 0 N–H and O–H groups in total. The van der Waals surface area contributed by atoms with Crippen LogP contribution in [0.15, 0.2) is 12.1 Å². The zero-order chi connectivity index (χ0) is 14.8. The minimum absolute atomic E-state index is 0.0139. The Balaban J connectivity index is 2.18. The van der Waals surface area contributed by atoms with Crippen LogP contribution in [0, 0.1) is 5.92 Å². The SMILES string of the molecule is CC1CCCC(Oc2cc(CCl)cc(C(C)(C)C)n2)C1. The standard InChI is InChI=1S/C17H26ClNO/c1-12-6-5-7-14(8-12)20-16-10-13(11-18)9-15(19-16)17(2,3)4/h9-10,12,14H,5-8,11H2,1-4H3. The van der Waals surface area contributed by atoms with Gasteiger partial charge in [-0.25, -0.2) is 4.98 Å². The Labute approximate surface area is 127 Å². The first-order valence-electron chi connectivity index (χ1n) is 7.62. The molecule has 1 aromatic heterocycles. The van der Waals surface area contributed by atoms with E-state index in [1.54, 1.807) is 0 Å². The van der Waals surface area contributed by atoms with Gasteiger partial charge in [0.25, 0.3) is 0 Å². The summed E-state index contributed by atoms with van der Waals surface area (Å²) in [6, 6.07) is 4.07. The van der Waals surface area contributed by atoms with Gasteiger partial charge in [-0.15, -0.1) is 11.6 Å². The van der Waals surface area contributed by atoms with Gasteiger partial charge in [0.05, 0.1) is 5.69 Å². The first-order chi connectivity index (χ1) is 9.38. The summed E-state index contributed by atoms with van der Waals surface area (Å²) < 4.78 is 6.13. The Kier molecular flexibility index (Phi) is 4.95. The summed E-state index contributed by atoms with van der Waals surface area (Å²) in [5, 5.41) is 0. The molecule has 1 aliphatic rings. The van der Waals surface area contributed by atoms with Crippen LogP contribution in [-0.2, 0) is 11.3 Å². The molecule has 112 valence electrons. The molecule has 0 saturated heterocycles. The molecule has 1 saturated carbocycles. The quantitative estimate of drug-likeness (QED) is 0.726. The molecule has 3 heteroatoms. The number of hydrogen-bond acceptors (Lipinski definition) is 2. The van der Waals surface area contributed by atoms with E-state index in [0.29, 0.717) is 12.0 Å². The molecular weight excluding hydrogens is 270 g/mol. The lowest BCUT2D eigenvalue weighted by molar-refractivity contribution is 0.123. The Hall–Kier alpha value is -0.760. The van der Waals surface area contributed by atoms with E-state index in [-0.39, 0.29) is 5.41 Å². The molecule has 2 atom stereocenters. The lowest BCUT2D eigenvalue weighted by atomic mass is 9.88. The average Bonchev–Trinajstić information content (AvgIpc) is 2.37. The molecule has 1 aromatic rings. The number of ether oxygens (including phenoxy) is 1. The maximum atomic E-state index is 6.13. The number of alkyl halides is 1. The van der Waals surface area contributed by atoms with Crippen LogP contribution in [0.2, 0.25) is 0 Å². The predicted molar refractivity (Wildman–Crippen MR) is 84.5 cm³/mol. The van der Waals surface area contributed by atoms with E-state index in [1.807, 2.05) is 6.07 Å². The van der Waals surface area contributed by atoms with Gasteiger partial charge in [0, 0.05) is 17.4 Å². The van der Waals surface area contributed by atoms with Gasteiger partial charge in [0.2, 0.25) is 5.88 Å². The largest absolute Gasteiger partial charge is 0.474 e. The van der Waals surface area contributed by atoms with Crippen molar-refractivity contribution in [1.82, 2.24) is 4.98 Å². The summed E-state index contributed by atoms with van der Waals surface area (Å²) in [6.45, 7) is 8.80. The maximum absolute atomic E-state index is 6.13. The monoisotopic (exact) mass is 295 g/mol. The van der Waals surface area contributed by atoms with Crippen molar-refractivity contribution in [1.29, 1.82) is 0 Å². The van der Waals surface area contributed by atoms with Gasteiger partial charge in [-0.3, -0.25) is 0 Å². The molecule has 0 amide bonds. The van der Waals surface area contributed by atoms with Gasteiger partial charge in [-0.05, 0) is 36.8 Å². The van der Waals surface area contributed by atoms with Crippen molar-refractivity contribution in [2.45, 2.75) is 70.8 Å². The van der Waals surface area contributed by atoms with Crippen LogP contribution in [0.4, 0.5) is 0 Å². The highest BCUT2D eigenvalue weighted by molar-refractivity contribution is 6.17. The number of hydrogen-bond donors (Lipinski definition) is 0. The molecule has 2 rings (SSSR count). The van der Waals surface area contributed by atoms with E-state index in [2.05, 4.69) is 33.8 Å². The molecule has 1 aliphatic carbocycles. The molecule has 0 aromatic carbocycles. The second-order valence-corrected chi connectivity index (χ2v) is 7.36. The summed E-state index contributed by atoms with van der Waals surface area (Å²) in [5.74, 6) is 2.00. The van der Waals surface area contributed by atoms with E-state index in [4.69, 9.17) is 21.3 Å². The Bertz CT molecular complexity index is 453. The minimum Gasteiger partial charge on any atom is -0.474 e. The lowest BCUT2D eigenvalue weighted by Gasteiger charge is -2.28. The van der Waals surface area contributed by atoms with Crippen LogP contribution < -0.4 is 4.74 Å². The normalized spacial score (nSPS) is 23.6. The molecule has 2 unspecified atom stereocenters. The van der Waals surface area contributed by atoms with E-state index in [1.165, 1.54) is 12.8 Å². The second-order valence-electron chi connectivity index (χ2n) is 7.09. The third kappa shape index (κ3) is 4.12. The lowest BCUT2D eigenvalue weighted by Crippen LogP contribution is -2.25. The van der Waals surface area contributed by atoms with E-state index >= 15 is 0 Å². The highest BCUT2D eigenvalue weighted by Crippen LogP contribution is 2.29. The van der Waals surface area contributed by atoms with Gasteiger partial charge in [0.1, 0.15) is 6.10 Å². The van der Waals surface area contributed by atoms with Crippen molar-refractivity contribution in [3.63, 3.8) is 0 Å². The molecule has 1 fully saturated rings. The van der Waals surface area contributed by atoms with Gasteiger partial charge in [-0.1, -0.05) is 34.1 Å². The Morgan fingerprint density at radius 1 is 1.30 bits per heavy atom. The molecule has 1 heterocycles. The number of nitrogens with zero attached hydrogens (tertiary/aromatic N) is 1. The van der Waals surface area contributed by atoms with Crippen LogP contribution in [0.25, 0.3) is 0 Å². The van der Waals surface area contributed by atoms with E-state index < -0.39 is 0 Å². The van der Waals surface area contributed by atoms with Crippen molar-refractivity contribution in [2.24, 2.45) is 5.92 Å². The van der Waals surface area contributed by atoms with Crippen molar-refractivity contribution in [3.8, 4) is 5.88 Å². The highest BCUT2D eigenvalue weighted by Gasteiger charge is 2.22. The van der Waals surface area contributed by atoms with Crippen LogP contribution in [0.5, 0.6) is 5.88 Å². The third-order valence-corrected chi connectivity index (χ3v) is 4.27. The van der Waals surface area contributed by atoms with Crippen molar-refractivity contribution < 1.29 is 4.74 Å². The molecular formula is C17H26ClNO. The Morgan fingerprint density at radius 3 is 2.65 bits per heavy atom. The van der Waals surface area contributed by atoms with E-state index in [9.17, 15) is 0 Å². The topological polar surface area (TPSA) is 22.1 Å². The molecule has 2 nitrogen and oxygen atoms in total. The van der Waals surface area contributed by atoms with Gasteiger partial charge < -0.3 is 4.74 Å². The predicted octanol–water partition coefficient (Wildman–Crippen LogP) is 5.08. The summed E-state index contributed by atoms with van der Waals surface area (Å²) in [4.78, 5) is 4.69. The molecule has 0 radical (unpaired) electrons. The number of pyridine rings is 1. The van der Waals surface area contributed by atoms with Crippen LogP contribution >= 0.6 is 11.6 Å². The molecule has 0 spiro atoms. The first kappa shape index (κ1) is 15.6. The second kappa shape index (κ2) is 6.34. The summed E-state index contributed by atoms with van der Waals surface area (Å²) in [7, 11) is 0. The smallest absolute Gasteiger partial charge is 0.214 e. The Morgan fingerprint density at radius 2 is 2.05 bits per heavy atom. The zero-order valence-electron chi connectivity index (χ0n) is 13.1. The highest BCUT2D eigenvalue weighted by atomic mass is 35.5. The summed E-state index contributed by atoms with van der Waals surface area (Å²) >= 11 is 6.00. The number of halogens is 1.